The number of rotatable bonds is 4. The number of hydrogen-bond acceptors (Lipinski definition) is 3. The highest BCUT2D eigenvalue weighted by atomic mass is 35.5. The lowest BCUT2D eigenvalue weighted by Gasteiger charge is -2.10. The smallest absolute Gasteiger partial charge is 0.251 e. The molecule has 0 fully saturated rings. The number of methoxy groups -OCH3 is 1. The van der Waals surface area contributed by atoms with Gasteiger partial charge >= 0.3 is 0 Å². The first-order chi connectivity index (χ1) is 11.6. The lowest BCUT2D eigenvalue weighted by atomic mass is 10.1. The number of allylic oxidation sites excluding steroid dienone is 1. The molecule has 3 rings (SSSR count). The van der Waals surface area contributed by atoms with E-state index in [4.69, 9.17) is 16.3 Å². The molecule has 0 bridgehead atoms. The van der Waals surface area contributed by atoms with Gasteiger partial charge in [0, 0.05) is 34.7 Å². The van der Waals surface area contributed by atoms with E-state index in [1.54, 1.807) is 25.4 Å². The zero-order chi connectivity index (χ0) is 17.1. The fourth-order valence-corrected chi connectivity index (χ4v) is 3.19. The zero-order valence-electron chi connectivity index (χ0n) is 13.7. The summed E-state index contributed by atoms with van der Waals surface area (Å²) in [7, 11) is 1.58. The van der Waals surface area contributed by atoms with E-state index in [9.17, 15) is 4.79 Å². The number of benzene rings is 1. The topological polar surface area (TPSA) is 51.2 Å². The van der Waals surface area contributed by atoms with Crippen molar-refractivity contribution in [2.45, 2.75) is 26.2 Å². The molecule has 0 radical (unpaired) electrons. The Hall–Kier alpha value is -2.33. The predicted octanol–water partition coefficient (Wildman–Crippen LogP) is 4.85. The number of amides is 1. The van der Waals surface area contributed by atoms with E-state index in [2.05, 4.69) is 10.3 Å². The lowest BCUT2D eigenvalue weighted by Crippen LogP contribution is -2.14. The summed E-state index contributed by atoms with van der Waals surface area (Å²) in [6.45, 7) is 2.02. The van der Waals surface area contributed by atoms with Gasteiger partial charge in [-0.2, -0.15) is 0 Å². The Balaban J connectivity index is 1.79. The van der Waals surface area contributed by atoms with E-state index in [1.165, 1.54) is 5.57 Å². The number of ether oxygens (including phenoxy) is 1. The number of nitrogens with one attached hydrogen (secondary N) is 1. The Morgan fingerprint density at radius 3 is 2.67 bits per heavy atom. The van der Waals surface area contributed by atoms with Crippen LogP contribution in [0.5, 0.6) is 5.88 Å². The van der Waals surface area contributed by atoms with Gasteiger partial charge in [0.25, 0.3) is 5.91 Å². The van der Waals surface area contributed by atoms with Crippen LogP contribution in [0.15, 0.2) is 47.7 Å². The molecule has 0 aliphatic heterocycles. The Morgan fingerprint density at radius 1 is 1.25 bits per heavy atom. The summed E-state index contributed by atoms with van der Waals surface area (Å²) in [5, 5.41) is 3.50. The van der Waals surface area contributed by atoms with Gasteiger partial charge in [0.05, 0.1) is 12.1 Å². The molecule has 0 saturated carbocycles. The molecule has 0 unspecified atom stereocenters. The summed E-state index contributed by atoms with van der Waals surface area (Å²) in [4.78, 5) is 16.5. The van der Waals surface area contributed by atoms with Gasteiger partial charge in [-0.15, -0.1) is 0 Å². The molecule has 1 aromatic carbocycles. The van der Waals surface area contributed by atoms with Crippen molar-refractivity contribution in [3.63, 3.8) is 0 Å². The van der Waals surface area contributed by atoms with Crippen LogP contribution < -0.4 is 10.1 Å². The van der Waals surface area contributed by atoms with Gasteiger partial charge in [-0.1, -0.05) is 23.2 Å². The third-order valence-electron chi connectivity index (χ3n) is 4.25. The van der Waals surface area contributed by atoms with Crippen molar-refractivity contribution in [2.24, 2.45) is 0 Å². The highest BCUT2D eigenvalue weighted by Crippen LogP contribution is 2.31. The van der Waals surface area contributed by atoms with Crippen LogP contribution >= 0.6 is 11.6 Å². The number of nitrogens with zero attached hydrogens (tertiary/aromatic N) is 1. The van der Waals surface area contributed by atoms with Crippen LogP contribution in [0.25, 0.3) is 11.1 Å². The monoisotopic (exact) mass is 342 g/mol. The van der Waals surface area contributed by atoms with Gasteiger partial charge in [0.1, 0.15) is 0 Å². The molecule has 1 amide bonds. The third kappa shape index (κ3) is 3.44. The van der Waals surface area contributed by atoms with Gasteiger partial charge in [-0.05, 0) is 44.4 Å². The summed E-state index contributed by atoms with van der Waals surface area (Å²) in [6.07, 6.45) is 4.62. The molecule has 1 aliphatic rings. The second-order valence-corrected chi connectivity index (χ2v) is 6.26. The van der Waals surface area contributed by atoms with E-state index in [-0.39, 0.29) is 5.91 Å². The normalized spacial score (nSPS) is 14.0. The lowest BCUT2D eigenvalue weighted by molar-refractivity contribution is -0.113. The molecule has 0 atom stereocenters. The highest BCUT2D eigenvalue weighted by molar-refractivity contribution is 6.33. The Kier molecular flexibility index (Phi) is 4.86. The Bertz CT molecular complexity index is 798. The van der Waals surface area contributed by atoms with Crippen LogP contribution in [-0.2, 0) is 4.79 Å². The molecule has 24 heavy (non-hydrogen) atoms. The SMILES string of the molecule is COc1ccc(-c2ccc(NC(=O)C3=C(C)CCC3)cc2Cl)cn1. The van der Waals surface area contributed by atoms with E-state index in [0.29, 0.717) is 16.6 Å². The average Bonchev–Trinajstić information content (AvgIpc) is 3.01. The molecular formula is C19H19ClN2O2. The predicted molar refractivity (Wildman–Crippen MR) is 96.4 cm³/mol. The van der Waals surface area contributed by atoms with Gasteiger partial charge in [-0.25, -0.2) is 4.98 Å². The molecule has 1 aromatic heterocycles. The van der Waals surface area contributed by atoms with Crippen LogP contribution in [-0.4, -0.2) is 18.0 Å². The molecule has 1 heterocycles. The number of aromatic nitrogens is 1. The van der Waals surface area contributed by atoms with Crippen LogP contribution in [0.4, 0.5) is 5.69 Å². The van der Waals surface area contributed by atoms with Gasteiger partial charge < -0.3 is 10.1 Å². The maximum Gasteiger partial charge on any atom is 0.251 e. The molecule has 124 valence electrons. The molecular weight excluding hydrogens is 324 g/mol. The molecule has 5 heteroatoms. The minimum Gasteiger partial charge on any atom is -0.481 e. The number of halogens is 1. The van der Waals surface area contributed by atoms with Crippen molar-refractivity contribution in [1.29, 1.82) is 0 Å². The first kappa shape index (κ1) is 16.5. The summed E-state index contributed by atoms with van der Waals surface area (Å²) in [5.74, 6) is 0.527. The van der Waals surface area contributed by atoms with Crippen LogP contribution in [0.2, 0.25) is 5.02 Å². The third-order valence-corrected chi connectivity index (χ3v) is 4.56. The fraction of sp³-hybridized carbons (Fsp3) is 0.263. The van der Waals surface area contributed by atoms with Crippen molar-refractivity contribution in [3.8, 4) is 17.0 Å². The maximum atomic E-state index is 12.3. The Morgan fingerprint density at radius 2 is 2.08 bits per heavy atom. The summed E-state index contributed by atoms with van der Waals surface area (Å²) >= 11 is 6.39. The average molecular weight is 343 g/mol. The standard InChI is InChI=1S/C19H19ClN2O2/c1-12-4-3-5-15(12)19(23)22-14-7-8-16(17(20)10-14)13-6-9-18(24-2)21-11-13/h6-11H,3-5H2,1-2H3,(H,22,23). The minimum absolute atomic E-state index is 0.0278. The molecule has 2 aromatic rings. The van der Waals surface area contributed by atoms with Crippen molar-refractivity contribution in [1.82, 2.24) is 4.98 Å². The number of hydrogen-bond donors (Lipinski definition) is 1. The van der Waals surface area contributed by atoms with Crippen molar-refractivity contribution in [3.05, 3.63) is 52.7 Å². The van der Waals surface area contributed by atoms with Gasteiger partial charge in [-0.3, -0.25) is 4.79 Å². The van der Waals surface area contributed by atoms with Gasteiger partial charge in [0.2, 0.25) is 5.88 Å². The number of anilines is 1. The van der Waals surface area contributed by atoms with E-state index < -0.39 is 0 Å². The van der Waals surface area contributed by atoms with Crippen LogP contribution in [0.1, 0.15) is 26.2 Å². The quantitative estimate of drug-likeness (QED) is 0.864. The second-order valence-electron chi connectivity index (χ2n) is 5.85. The summed E-state index contributed by atoms with van der Waals surface area (Å²) in [5.41, 5.74) is 4.53. The van der Waals surface area contributed by atoms with Crippen molar-refractivity contribution >= 4 is 23.2 Å². The number of carbonyl (C=O) groups excluding carboxylic acids is 1. The first-order valence-corrected chi connectivity index (χ1v) is 8.26. The number of pyridine rings is 1. The number of carbonyl (C=O) groups is 1. The van der Waals surface area contributed by atoms with E-state index in [1.807, 2.05) is 25.1 Å². The van der Waals surface area contributed by atoms with E-state index >= 15 is 0 Å². The molecule has 1 aliphatic carbocycles. The van der Waals surface area contributed by atoms with Crippen molar-refractivity contribution < 1.29 is 9.53 Å². The second kappa shape index (κ2) is 7.05. The molecule has 0 saturated heterocycles. The fourth-order valence-electron chi connectivity index (χ4n) is 2.90. The molecule has 1 N–H and O–H groups in total. The first-order valence-electron chi connectivity index (χ1n) is 7.88. The molecule has 4 nitrogen and oxygen atoms in total. The van der Waals surface area contributed by atoms with E-state index in [0.717, 1.165) is 36.0 Å². The van der Waals surface area contributed by atoms with Gasteiger partial charge in [0.15, 0.2) is 0 Å². The summed E-state index contributed by atoms with van der Waals surface area (Å²) < 4.78 is 5.06. The molecule has 0 spiro atoms. The Labute approximate surface area is 146 Å². The highest BCUT2D eigenvalue weighted by Gasteiger charge is 2.18. The largest absolute Gasteiger partial charge is 0.481 e. The minimum atomic E-state index is -0.0278. The zero-order valence-corrected chi connectivity index (χ0v) is 14.5. The maximum absolute atomic E-state index is 12.3. The van der Waals surface area contributed by atoms with Crippen molar-refractivity contribution in [2.75, 3.05) is 12.4 Å². The summed E-state index contributed by atoms with van der Waals surface area (Å²) in [6, 6.07) is 9.20. The van der Waals surface area contributed by atoms with Crippen LogP contribution in [0.3, 0.4) is 0 Å². The van der Waals surface area contributed by atoms with Crippen LogP contribution in [0, 0.1) is 0 Å².